The number of fused-ring (bicyclic) bond motifs is 8. The van der Waals surface area contributed by atoms with Crippen LogP contribution in [0, 0.1) is 11.3 Å². The van der Waals surface area contributed by atoms with E-state index in [-0.39, 0.29) is 5.57 Å². The summed E-state index contributed by atoms with van der Waals surface area (Å²) < 4.78 is 0. The second-order valence-corrected chi connectivity index (χ2v) is 12.9. The lowest BCUT2D eigenvalue weighted by molar-refractivity contribution is -0.132. The fraction of sp³-hybridized carbons (Fsp3) is 0.381. The lowest BCUT2D eigenvalue weighted by atomic mass is 10.0. The minimum absolute atomic E-state index is 0.304. The van der Waals surface area contributed by atoms with Crippen molar-refractivity contribution in [1.29, 1.82) is 5.26 Å². The Morgan fingerprint density at radius 2 is 1.18 bits per heavy atom. The van der Waals surface area contributed by atoms with Gasteiger partial charge in [0.25, 0.3) is 0 Å². The van der Waals surface area contributed by atoms with Crippen LogP contribution >= 0.6 is 0 Å². The van der Waals surface area contributed by atoms with Crippen LogP contribution in [-0.4, -0.2) is 31.0 Å². The van der Waals surface area contributed by atoms with Gasteiger partial charge in [-0.3, -0.25) is 0 Å². The zero-order valence-corrected chi connectivity index (χ0v) is 29.5. The molecule has 0 aromatic carbocycles. The number of hydrogen-bond acceptors (Lipinski definition) is 4. The Balaban J connectivity index is 1.94. The van der Waals surface area contributed by atoms with Crippen LogP contribution in [0.25, 0.3) is 52.4 Å². The van der Waals surface area contributed by atoms with Crippen LogP contribution in [0.4, 0.5) is 0 Å². The molecule has 0 atom stereocenters. The standard InChI is InChI=1S/C42H49N5O2/c1-5-9-16-30-34-20-21-35(44-34)31(17-10-6-2)37-24-25-39(46-37)33(19-12-8-4)41-28(14-13-15-29(27-43)42(48)49)26-40(47-41)32(18-11-7-3)38-23-22-36(30)45-38/h13-15,20-26,46-47H,5-12,16-19H2,1-4H3,(H,48,49)/b14-13-,29-15-,34-30?,35-31?,36-30?,37-31?,38-32?,39-33?,40-32?,41-33?. The zero-order chi connectivity index (χ0) is 34.8. The third kappa shape index (κ3) is 8.20. The van der Waals surface area contributed by atoms with Crippen molar-refractivity contribution in [2.75, 3.05) is 0 Å². The molecule has 49 heavy (non-hydrogen) atoms. The Kier molecular flexibility index (Phi) is 12.2. The number of carboxylic acid groups (broad SMARTS) is 1. The maximum Gasteiger partial charge on any atom is 0.346 e. The first-order valence-electron chi connectivity index (χ1n) is 18.1. The van der Waals surface area contributed by atoms with Gasteiger partial charge in [-0.2, -0.15) is 5.26 Å². The van der Waals surface area contributed by atoms with E-state index in [0.717, 1.165) is 133 Å². The van der Waals surface area contributed by atoms with Crippen LogP contribution < -0.4 is 0 Å². The van der Waals surface area contributed by atoms with E-state index in [0.29, 0.717) is 0 Å². The summed E-state index contributed by atoms with van der Waals surface area (Å²) in [5.74, 6) is -1.24. The predicted molar refractivity (Wildman–Crippen MR) is 204 cm³/mol. The Morgan fingerprint density at radius 3 is 1.69 bits per heavy atom. The van der Waals surface area contributed by atoms with E-state index in [1.54, 1.807) is 12.1 Å². The molecule has 5 heterocycles. The number of aromatic amines is 2. The number of nitriles is 1. The Hall–Kier alpha value is -4.96. The van der Waals surface area contributed by atoms with E-state index in [1.165, 1.54) is 22.8 Å². The highest BCUT2D eigenvalue weighted by molar-refractivity contribution is 5.92. The van der Waals surface area contributed by atoms with E-state index >= 15 is 0 Å². The quantitative estimate of drug-likeness (QED) is 0.0589. The summed E-state index contributed by atoms with van der Waals surface area (Å²) in [7, 11) is 0. The number of nitrogens with zero attached hydrogens (tertiary/aromatic N) is 3. The fourth-order valence-corrected chi connectivity index (χ4v) is 6.56. The first kappa shape index (κ1) is 35.3. The summed E-state index contributed by atoms with van der Waals surface area (Å²) in [6.07, 6.45) is 25.6. The van der Waals surface area contributed by atoms with Crippen LogP contribution in [0.1, 0.15) is 130 Å². The van der Waals surface area contributed by atoms with E-state index in [4.69, 9.17) is 9.97 Å². The lowest BCUT2D eigenvalue weighted by Gasteiger charge is -2.06. The summed E-state index contributed by atoms with van der Waals surface area (Å²) >= 11 is 0. The molecule has 254 valence electrons. The normalized spacial score (nSPS) is 12.7. The molecule has 0 radical (unpaired) electrons. The van der Waals surface area contributed by atoms with Gasteiger partial charge in [0.05, 0.1) is 28.3 Å². The first-order chi connectivity index (χ1) is 23.9. The first-order valence-corrected chi connectivity index (χ1v) is 18.1. The summed E-state index contributed by atoms with van der Waals surface area (Å²) in [6.45, 7) is 8.85. The molecule has 3 aromatic rings. The number of allylic oxidation sites excluding steroid dienone is 2. The molecule has 5 rings (SSSR count). The topological polar surface area (TPSA) is 118 Å². The maximum atomic E-state index is 11.5. The number of nitrogens with one attached hydrogen (secondary N) is 2. The summed E-state index contributed by atoms with van der Waals surface area (Å²) in [5.41, 5.74) is 13.5. The molecule has 2 aliphatic rings. The molecule has 3 aromatic heterocycles. The summed E-state index contributed by atoms with van der Waals surface area (Å²) in [6, 6.07) is 8.32. The number of hydrogen-bond donors (Lipinski definition) is 3. The monoisotopic (exact) mass is 655 g/mol. The summed E-state index contributed by atoms with van der Waals surface area (Å²) in [4.78, 5) is 29.7. The van der Waals surface area contributed by atoms with Gasteiger partial charge in [0.15, 0.2) is 0 Å². The molecule has 7 nitrogen and oxygen atoms in total. The highest BCUT2D eigenvalue weighted by atomic mass is 16.4. The molecule has 0 aliphatic carbocycles. The molecular weight excluding hydrogens is 606 g/mol. The third-order valence-corrected chi connectivity index (χ3v) is 9.34. The van der Waals surface area contributed by atoms with Crippen molar-refractivity contribution in [3.8, 4) is 6.07 Å². The van der Waals surface area contributed by atoms with Gasteiger partial charge in [0.1, 0.15) is 11.6 Å². The van der Waals surface area contributed by atoms with E-state index in [1.807, 2.05) is 6.08 Å². The van der Waals surface area contributed by atoms with Gasteiger partial charge in [-0.1, -0.05) is 65.5 Å². The molecule has 0 saturated carbocycles. The molecule has 0 fully saturated rings. The van der Waals surface area contributed by atoms with Crippen molar-refractivity contribution in [3.63, 3.8) is 0 Å². The lowest BCUT2D eigenvalue weighted by Crippen LogP contribution is -1.96. The zero-order valence-electron chi connectivity index (χ0n) is 29.5. The molecule has 0 amide bonds. The van der Waals surface area contributed by atoms with Crippen molar-refractivity contribution >= 4 is 58.4 Å². The van der Waals surface area contributed by atoms with Crippen molar-refractivity contribution in [2.45, 2.75) is 105 Å². The van der Waals surface area contributed by atoms with E-state index < -0.39 is 5.97 Å². The van der Waals surface area contributed by atoms with Gasteiger partial charge in [0.2, 0.25) is 0 Å². The molecule has 0 spiro atoms. The van der Waals surface area contributed by atoms with Crippen molar-refractivity contribution in [2.24, 2.45) is 0 Å². The number of carboxylic acids is 1. The van der Waals surface area contributed by atoms with Crippen molar-refractivity contribution < 1.29 is 9.90 Å². The molecule has 0 saturated heterocycles. The molecule has 3 N–H and O–H groups in total. The van der Waals surface area contributed by atoms with Crippen LogP contribution in [0.2, 0.25) is 0 Å². The van der Waals surface area contributed by atoms with Crippen molar-refractivity contribution in [1.82, 2.24) is 19.9 Å². The van der Waals surface area contributed by atoms with Crippen molar-refractivity contribution in [3.05, 3.63) is 86.5 Å². The average molecular weight is 656 g/mol. The maximum absolute atomic E-state index is 11.5. The van der Waals surface area contributed by atoms with Crippen LogP contribution in [0.15, 0.2) is 35.9 Å². The van der Waals surface area contributed by atoms with Gasteiger partial charge in [-0.25, -0.2) is 14.8 Å². The molecule has 2 aliphatic heterocycles. The number of aryl methyl sites for hydroxylation is 3. The van der Waals surface area contributed by atoms with Crippen LogP contribution in [0.3, 0.4) is 0 Å². The van der Waals surface area contributed by atoms with Gasteiger partial charge in [-0.15, -0.1) is 0 Å². The smallest absolute Gasteiger partial charge is 0.346 e. The number of H-pyrrole nitrogens is 2. The van der Waals surface area contributed by atoms with Gasteiger partial charge in [0, 0.05) is 38.8 Å². The summed E-state index contributed by atoms with van der Waals surface area (Å²) in [5, 5.41) is 18.8. The largest absolute Gasteiger partial charge is 0.477 e. The number of aliphatic carboxylic acids is 1. The number of rotatable bonds is 15. The second kappa shape index (κ2) is 16.9. The molecular formula is C42H49N5O2. The Labute approximate surface area is 290 Å². The fourth-order valence-electron chi connectivity index (χ4n) is 6.56. The molecule has 8 bridgehead atoms. The highest BCUT2D eigenvalue weighted by Crippen LogP contribution is 2.31. The highest BCUT2D eigenvalue weighted by Gasteiger charge is 2.17. The minimum atomic E-state index is -1.24. The van der Waals surface area contributed by atoms with E-state index in [2.05, 4.69) is 80.2 Å². The second-order valence-electron chi connectivity index (χ2n) is 12.9. The van der Waals surface area contributed by atoms with Crippen LogP contribution in [0.5, 0.6) is 0 Å². The number of aromatic nitrogens is 4. The average Bonchev–Trinajstić information content (AvgIpc) is 3.93. The molecule has 0 unspecified atom stereocenters. The van der Waals surface area contributed by atoms with Gasteiger partial charge in [-0.05, 0) is 106 Å². The van der Waals surface area contributed by atoms with Gasteiger partial charge < -0.3 is 15.1 Å². The minimum Gasteiger partial charge on any atom is -0.477 e. The number of unbranched alkanes of at least 4 members (excludes halogenated alkanes) is 4. The van der Waals surface area contributed by atoms with Gasteiger partial charge >= 0.3 is 5.97 Å². The molecule has 7 heteroatoms. The van der Waals surface area contributed by atoms with Crippen LogP contribution in [-0.2, 0) is 30.5 Å². The SMILES string of the molecule is CCCCc1c2nc(c(CCCC)c3ccc([nH]3)c(CCCC)c3[nH]c(cc3/C=C\C=C(\C#N)C(=O)O)c(CCCC)c3nc1C=C3)C=C2. The third-order valence-electron chi connectivity index (χ3n) is 9.34. The number of carbonyl (C=O) groups is 1. The van der Waals surface area contributed by atoms with E-state index in [9.17, 15) is 15.2 Å². The Bertz CT molecular complexity index is 2010. The predicted octanol–water partition coefficient (Wildman–Crippen LogP) is 10.6. The Morgan fingerprint density at radius 1 is 0.714 bits per heavy atom.